The molecule has 0 atom stereocenters. The van der Waals surface area contributed by atoms with Gasteiger partial charge >= 0.3 is 5.97 Å². The molecule has 0 aromatic heterocycles. The van der Waals surface area contributed by atoms with Crippen LogP contribution in [0.4, 0.5) is 0 Å². The molecule has 0 spiro atoms. The molecule has 0 saturated heterocycles. The van der Waals surface area contributed by atoms with Crippen molar-refractivity contribution in [1.29, 1.82) is 0 Å². The maximum absolute atomic E-state index is 10.1. The summed E-state index contributed by atoms with van der Waals surface area (Å²) < 4.78 is 0. The summed E-state index contributed by atoms with van der Waals surface area (Å²) >= 11 is 0. The molecule has 0 aliphatic rings. The molecule has 13 heavy (non-hydrogen) atoms. The third-order valence-electron chi connectivity index (χ3n) is 1.63. The highest BCUT2D eigenvalue weighted by atomic mass is 16.4. The van der Waals surface area contributed by atoms with Crippen LogP contribution in [0.2, 0.25) is 0 Å². The van der Waals surface area contributed by atoms with Crippen LogP contribution in [-0.2, 0) is 9.59 Å². The third kappa shape index (κ3) is 10.9. The van der Waals surface area contributed by atoms with Crippen LogP contribution < -0.4 is 0 Å². The van der Waals surface area contributed by atoms with Crippen LogP contribution in [0.3, 0.4) is 0 Å². The predicted octanol–water partition coefficient (Wildman–Crippen LogP) is 2.17. The molecule has 74 valence electrons. The maximum Gasteiger partial charge on any atom is 0.303 e. The van der Waals surface area contributed by atoms with Crippen LogP contribution in [0, 0.1) is 0 Å². The van der Waals surface area contributed by atoms with Gasteiger partial charge in [0.05, 0.1) is 0 Å². The minimum Gasteiger partial charge on any atom is -0.481 e. The van der Waals surface area contributed by atoms with E-state index in [0.717, 1.165) is 25.5 Å². The Labute approximate surface area is 78.5 Å². The topological polar surface area (TPSA) is 54.4 Å². The third-order valence-corrected chi connectivity index (χ3v) is 1.63. The SMILES string of the molecule is O=CCCCCC=CCCC(=O)O. The van der Waals surface area contributed by atoms with Crippen LogP contribution in [-0.4, -0.2) is 17.4 Å². The number of carboxylic acids is 1. The lowest BCUT2D eigenvalue weighted by atomic mass is 10.2. The largest absolute Gasteiger partial charge is 0.481 e. The molecule has 0 saturated carbocycles. The second-order valence-electron chi connectivity index (χ2n) is 2.85. The number of aldehydes is 1. The van der Waals surface area contributed by atoms with E-state index in [1.165, 1.54) is 0 Å². The van der Waals surface area contributed by atoms with Gasteiger partial charge in [0, 0.05) is 12.8 Å². The van der Waals surface area contributed by atoms with Gasteiger partial charge in [0.25, 0.3) is 0 Å². The van der Waals surface area contributed by atoms with Gasteiger partial charge in [-0.25, -0.2) is 0 Å². The minimum absolute atomic E-state index is 0.199. The molecular weight excluding hydrogens is 168 g/mol. The molecule has 3 heteroatoms. The number of rotatable bonds is 8. The Morgan fingerprint density at radius 3 is 2.31 bits per heavy atom. The Morgan fingerprint density at radius 2 is 1.69 bits per heavy atom. The van der Waals surface area contributed by atoms with Gasteiger partial charge in [-0.05, 0) is 25.7 Å². The van der Waals surface area contributed by atoms with E-state index in [1.54, 1.807) is 0 Å². The number of allylic oxidation sites excluding steroid dienone is 2. The molecular formula is C10H16O3. The van der Waals surface area contributed by atoms with Crippen molar-refractivity contribution in [3.05, 3.63) is 12.2 Å². The number of aliphatic carboxylic acids is 1. The molecule has 0 heterocycles. The normalized spacial score (nSPS) is 10.5. The van der Waals surface area contributed by atoms with Crippen molar-refractivity contribution >= 4 is 12.3 Å². The molecule has 0 bridgehead atoms. The summed E-state index contributed by atoms with van der Waals surface area (Å²) in [6, 6.07) is 0. The van der Waals surface area contributed by atoms with E-state index < -0.39 is 5.97 Å². The Hall–Kier alpha value is -1.12. The fourth-order valence-corrected chi connectivity index (χ4v) is 0.932. The first-order valence-electron chi connectivity index (χ1n) is 4.58. The van der Waals surface area contributed by atoms with Crippen LogP contribution in [0.1, 0.15) is 38.5 Å². The van der Waals surface area contributed by atoms with Gasteiger partial charge in [0.15, 0.2) is 0 Å². The zero-order valence-electron chi connectivity index (χ0n) is 7.74. The molecule has 0 amide bonds. The van der Waals surface area contributed by atoms with Gasteiger partial charge in [-0.1, -0.05) is 12.2 Å². The van der Waals surface area contributed by atoms with E-state index in [4.69, 9.17) is 5.11 Å². The fourth-order valence-electron chi connectivity index (χ4n) is 0.932. The average Bonchev–Trinajstić information content (AvgIpc) is 2.09. The summed E-state index contributed by atoms with van der Waals surface area (Å²) in [5.41, 5.74) is 0. The molecule has 0 aromatic rings. The van der Waals surface area contributed by atoms with Crippen LogP contribution >= 0.6 is 0 Å². The Bertz CT molecular complexity index is 173. The van der Waals surface area contributed by atoms with E-state index in [2.05, 4.69) is 0 Å². The summed E-state index contributed by atoms with van der Waals surface area (Å²) in [6.07, 6.45) is 9.08. The number of carbonyl (C=O) groups is 2. The van der Waals surface area contributed by atoms with E-state index in [1.807, 2.05) is 12.2 Å². The first-order chi connectivity index (χ1) is 6.27. The van der Waals surface area contributed by atoms with Crippen LogP contribution in [0.25, 0.3) is 0 Å². The van der Waals surface area contributed by atoms with Crippen molar-refractivity contribution in [3.8, 4) is 0 Å². The van der Waals surface area contributed by atoms with Crippen molar-refractivity contribution in [1.82, 2.24) is 0 Å². The van der Waals surface area contributed by atoms with Gasteiger partial charge in [-0.3, -0.25) is 4.79 Å². The van der Waals surface area contributed by atoms with E-state index in [9.17, 15) is 9.59 Å². The summed E-state index contributed by atoms with van der Waals surface area (Å²) in [7, 11) is 0. The number of hydrogen-bond donors (Lipinski definition) is 1. The lowest BCUT2D eigenvalue weighted by Crippen LogP contribution is -1.91. The van der Waals surface area contributed by atoms with Crippen molar-refractivity contribution in [2.24, 2.45) is 0 Å². The quantitative estimate of drug-likeness (QED) is 0.357. The number of unbranched alkanes of at least 4 members (excludes halogenated alkanes) is 3. The van der Waals surface area contributed by atoms with Crippen LogP contribution in [0.15, 0.2) is 12.2 Å². The first kappa shape index (κ1) is 11.9. The Balaban J connectivity index is 3.12. The summed E-state index contributed by atoms with van der Waals surface area (Å²) in [6.45, 7) is 0. The zero-order chi connectivity index (χ0) is 9.94. The van der Waals surface area contributed by atoms with Crippen molar-refractivity contribution in [2.45, 2.75) is 38.5 Å². The van der Waals surface area contributed by atoms with E-state index >= 15 is 0 Å². The molecule has 0 unspecified atom stereocenters. The van der Waals surface area contributed by atoms with Crippen molar-refractivity contribution in [2.75, 3.05) is 0 Å². The monoisotopic (exact) mass is 184 g/mol. The standard InChI is InChI=1S/C10H16O3/c11-9-7-5-3-1-2-4-6-8-10(12)13/h2,4,9H,1,3,5-8H2,(H,12,13). The minimum atomic E-state index is -0.759. The highest BCUT2D eigenvalue weighted by molar-refractivity contribution is 5.66. The highest BCUT2D eigenvalue weighted by Crippen LogP contribution is 2.00. The maximum atomic E-state index is 10.1. The first-order valence-corrected chi connectivity index (χ1v) is 4.58. The van der Waals surface area contributed by atoms with Gasteiger partial charge in [-0.15, -0.1) is 0 Å². The molecule has 0 fully saturated rings. The second-order valence-corrected chi connectivity index (χ2v) is 2.85. The summed E-state index contributed by atoms with van der Waals surface area (Å²) in [5.74, 6) is -0.759. The van der Waals surface area contributed by atoms with E-state index in [0.29, 0.717) is 12.8 Å². The molecule has 3 nitrogen and oxygen atoms in total. The molecule has 1 N–H and O–H groups in total. The molecule has 0 aromatic carbocycles. The average molecular weight is 184 g/mol. The highest BCUT2D eigenvalue weighted by Gasteiger charge is 1.91. The lowest BCUT2D eigenvalue weighted by molar-refractivity contribution is -0.136. The van der Waals surface area contributed by atoms with Gasteiger partial charge < -0.3 is 9.90 Å². The van der Waals surface area contributed by atoms with Crippen molar-refractivity contribution < 1.29 is 14.7 Å². The predicted molar refractivity (Wildman–Crippen MR) is 50.5 cm³/mol. The number of hydrogen-bond acceptors (Lipinski definition) is 2. The molecule has 0 rings (SSSR count). The summed E-state index contributed by atoms with van der Waals surface area (Å²) in [4.78, 5) is 20.0. The Morgan fingerprint density at radius 1 is 1.08 bits per heavy atom. The molecule has 0 aliphatic heterocycles. The number of carbonyl (C=O) groups excluding carboxylic acids is 1. The van der Waals surface area contributed by atoms with Crippen LogP contribution in [0.5, 0.6) is 0 Å². The van der Waals surface area contributed by atoms with Gasteiger partial charge in [0.1, 0.15) is 6.29 Å². The number of carboxylic acid groups (broad SMARTS) is 1. The second kappa shape index (κ2) is 8.97. The smallest absolute Gasteiger partial charge is 0.303 e. The lowest BCUT2D eigenvalue weighted by Gasteiger charge is -1.91. The zero-order valence-corrected chi connectivity index (χ0v) is 7.74. The van der Waals surface area contributed by atoms with E-state index in [-0.39, 0.29) is 6.42 Å². The van der Waals surface area contributed by atoms with Crippen molar-refractivity contribution in [3.63, 3.8) is 0 Å². The molecule has 0 radical (unpaired) electrons. The summed E-state index contributed by atoms with van der Waals surface area (Å²) in [5, 5.41) is 8.31. The fraction of sp³-hybridized carbons (Fsp3) is 0.600. The van der Waals surface area contributed by atoms with Gasteiger partial charge in [0.2, 0.25) is 0 Å². The Kier molecular flexibility index (Phi) is 8.20. The van der Waals surface area contributed by atoms with Gasteiger partial charge in [-0.2, -0.15) is 0 Å². The molecule has 0 aliphatic carbocycles.